The summed E-state index contributed by atoms with van der Waals surface area (Å²) in [6.45, 7) is 8.15. The number of aromatic amines is 1. The zero-order valence-electron chi connectivity index (χ0n) is 12.2. The highest BCUT2D eigenvalue weighted by Crippen LogP contribution is 2.28. The van der Waals surface area contributed by atoms with E-state index in [1.54, 1.807) is 11.3 Å². The van der Waals surface area contributed by atoms with Gasteiger partial charge in [0.1, 0.15) is 0 Å². The van der Waals surface area contributed by atoms with Gasteiger partial charge in [0.15, 0.2) is 0 Å². The maximum absolute atomic E-state index is 12.1. The van der Waals surface area contributed by atoms with Crippen molar-refractivity contribution in [2.75, 3.05) is 26.2 Å². The molecule has 1 fully saturated rings. The lowest BCUT2D eigenvalue weighted by Crippen LogP contribution is -2.42. The van der Waals surface area contributed by atoms with Gasteiger partial charge in [-0.25, -0.2) is 0 Å². The summed E-state index contributed by atoms with van der Waals surface area (Å²) in [6.07, 6.45) is 0. The van der Waals surface area contributed by atoms with E-state index in [9.17, 15) is 4.79 Å². The maximum Gasteiger partial charge on any atom is 0.257 e. The summed E-state index contributed by atoms with van der Waals surface area (Å²) >= 11 is 1.61. The van der Waals surface area contributed by atoms with Crippen molar-refractivity contribution in [3.05, 3.63) is 52.1 Å². The first-order valence-electron chi connectivity index (χ1n) is 7.42. The Morgan fingerprint density at radius 2 is 2.00 bits per heavy atom. The summed E-state index contributed by atoms with van der Waals surface area (Å²) in [6, 6.07) is 8.11. The highest BCUT2D eigenvalue weighted by Gasteiger charge is 2.14. The highest BCUT2D eigenvalue weighted by molar-refractivity contribution is 7.18. The van der Waals surface area contributed by atoms with Crippen molar-refractivity contribution in [1.29, 1.82) is 0 Å². The smallest absolute Gasteiger partial charge is 0.257 e. The zero-order valence-corrected chi connectivity index (χ0v) is 13.0. The van der Waals surface area contributed by atoms with Crippen LogP contribution in [0.3, 0.4) is 0 Å². The normalized spacial score (nSPS) is 15.5. The molecule has 22 heavy (non-hydrogen) atoms. The molecule has 1 aliphatic heterocycles. The molecule has 0 radical (unpaired) electrons. The van der Waals surface area contributed by atoms with E-state index in [2.05, 4.69) is 33.9 Å². The second kappa shape index (κ2) is 5.26. The van der Waals surface area contributed by atoms with Gasteiger partial charge in [-0.1, -0.05) is 18.7 Å². The number of H-pyrrole nitrogens is 1. The monoisotopic (exact) mass is 311 g/mol. The Morgan fingerprint density at radius 3 is 2.82 bits per heavy atom. The number of nitrogens with zero attached hydrogens (tertiary/aromatic N) is 1. The Labute approximate surface area is 132 Å². The van der Waals surface area contributed by atoms with Crippen molar-refractivity contribution in [1.82, 2.24) is 15.2 Å². The summed E-state index contributed by atoms with van der Waals surface area (Å²) in [5, 5.41) is 7.18. The van der Waals surface area contributed by atoms with Crippen molar-refractivity contribution >= 4 is 38.0 Å². The predicted octanol–water partition coefficient (Wildman–Crippen LogP) is 2.62. The van der Waals surface area contributed by atoms with Gasteiger partial charge in [-0.3, -0.25) is 4.79 Å². The molecule has 4 nitrogen and oxygen atoms in total. The molecule has 0 aliphatic carbocycles. The Morgan fingerprint density at radius 1 is 1.18 bits per heavy atom. The first kappa shape index (κ1) is 13.5. The average Bonchev–Trinajstić information content (AvgIpc) is 3.05. The van der Waals surface area contributed by atoms with Gasteiger partial charge in [0.05, 0.1) is 10.9 Å². The zero-order chi connectivity index (χ0) is 15.1. The minimum atomic E-state index is -0.0197. The van der Waals surface area contributed by atoms with Crippen LogP contribution < -0.4 is 10.9 Å². The van der Waals surface area contributed by atoms with E-state index in [1.807, 2.05) is 17.5 Å². The molecule has 0 spiro atoms. The van der Waals surface area contributed by atoms with Crippen molar-refractivity contribution in [2.24, 2.45) is 0 Å². The molecule has 0 unspecified atom stereocenters. The summed E-state index contributed by atoms with van der Waals surface area (Å²) < 4.78 is 1.05. The number of benzene rings is 1. The van der Waals surface area contributed by atoms with Gasteiger partial charge in [0, 0.05) is 42.0 Å². The van der Waals surface area contributed by atoms with E-state index in [-0.39, 0.29) is 5.56 Å². The largest absolute Gasteiger partial charge is 0.369 e. The topological polar surface area (TPSA) is 48.1 Å². The molecule has 3 aromatic rings. The quantitative estimate of drug-likeness (QED) is 0.765. The molecular formula is C17H17N3OS. The van der Waals surface area contributed by atoms with E-state index < -0.39 is 0 Å². The standard InChI is InChI=1S/C17H17N3OS/c1-11(20-7-5-18-6-8-20)12-2-3-13-15(10-12)19-17(21)14-4-9-22-16(13)14/h2-4,9-10,18H,1,5-8H2,(H,19,21). The summed E-state index contributed by atoms with van der Waals surface area (Å²) in [5.41, 5.74) is 2.96. The molecule has 0 saturated carbocycles. The fourth-order valence-corrected chi connectivity index (χ4v) is 3.96. The summed E-state index contributed by atoms with van der Waals surface area (Å²) in [5.74, 6) is 0. The van der Waals surface area contributed by atoms with E-state index in [0.29, 0.717) is 0 Å². The average molecular weight is 311 g/mol. The molecule has 2 aromatic heterocycles. The van der Waals surface area contributed by atoms with Crippen LogP contribution in [0.2, 0.25) is 0 Å². The van der Waals surface area contributed by atoms with Crippen LogP contribution in [-0.4, -0.2) is 36.1 Å². The molecule has 5 heteroatoms. The van der Waals surface area contributed by atoms with Gasteiger partial charge in [-0.15, -0.1) is 11.3 Å². The summed E-state index contributed by atoms with van der Waals surface area (Å²) in [4.78, 5) is 17.4. The number of rotatable bonds is 2. The lowest BCUT2D eigenvalue weighted by Gasteiger charge is -2.31. The third kappa shape index (κ3) is 2.14. The van der Waals surface area contributed by atoms with Gasteiger partial charge in [-0.05, 0) is 23.1 Å². The van der Waals surface area contributed by atoms with E-state index >= 15 is 0 Å². The number of thiophene rings is 1. The van der Waals surface area contributed by atoms with Gasteiger partial charge in [0.2, 0.25) is 0 Å². The molecule has 1 saturated heterocycles. The van der Waals surface area contributed by atoms with Crippen LogP contribution in [0.15, 0.2) is 41.0 Å². The third-order valence-electron chi connectivity index (χ3n) is 4.25. The summed E-state index contributed by atoms with van der Waals surface area (Å²) in [7, 11) is 0. The number of fused-ring (bicyclic) bond motifs is 3. The minimum absolute atomic E-state index is 0.0197. The number of hydrogen-bond acceptors (Lipinski definition) is 4. The SMILES string of the molecule is C=C(c1ccc2c(c1)[nH]c(=O)c1ccsc12)N1CCNCC1. The maximum atomic E-state index is 12.1. The van der Waals surface area contributed by atoms with Gasteiger partial charge < -0.3 is 15.2 Å². The number of pyridine rings is 1. The van der Waals surface area contributed by atoms with Crippen LogP contribution in [-0.2, 0) is 0 Å². The van der Waals surface area contributed by atoms with E-state index in [0.717, 1.165) is 58.4 Å². The molecule has 112 valence electrons. The second-order valence-electron chi connectivity index (χ2n) is 5.56. The Bertz CT molecular complexity index is 918. The second-order valence-corrected chi connectivity index (χ2v) is 6.48. The Balaban J connectivity index is 1.81. The number of piperazine rings is 1. The van der Waals surface area contributed by atoms with Gasteiger partial charge >= 0.3 is 0 Å². The molecule has 2 N–H and O–H groups in total. The van der Waals surface area contributed by atoms with Crippen molar-refractivity contribution in [3.8, 4) is 0 Å². The fourth-order valence-electron chi connectivity index (χ4n) is 3.03. The van der Waals surface area contributed by atoms with Crippen LogP contribution in [0.25, 0.3) is 26.7 Å². The van der Waals surface area contributed by atoms with Crippen LogP contribution in [0.1, 0.15) is 5.56 Å². The molecule has 1 aliphatic rings. The minimum Gasteiger partial charge on any atom is -0.369 e. The first-order chi connectivity index (χ1) is 10.7. The molecule has 0 atom stereocenters. The molecule has 1 aromatic carbocycles. The molecule has 3 heterocycles. The number of nitrogens with one attached hydrogen (secondary N) is 2. The Kier molecular flexibility index (Phi) is 3.24. The van der Waals surface area contributed by atoms with Crippen LogP contribution in [0.5, 0.6) is 0 Å². The highest BCUT2D eigenvalue weighted by atomic mass is 32.1. The molecule has 0 bridgehead atoms. The lowest BCUT2D eigenvalue weighted by molar-refractivity contribution is 0.341. The van der Waals surface area contributed by atoms with Crippen molar-refractivity contribution < 1.29 is 0 Å². The molecule has 4 rings (SSSR count). The predicted molar refractivity (Wildman–Crippen MR) is 93.4 cm³/mol. The van der Waals surface area contributed by atoms with Crippen LogP contribution in [0, 0.1) is 0 Å². The van der Waals surface area contributed by atoms with Crippen LogP contribution in [0.4, 0.5) is 0 Å². The van der Waals surface area contributed by atoms with Gasteiger partial charge in [0.25, 0.3) is 5.56 Å². The van der Waals surface area contributed by atoms with Crippen LogP contribution >= 0.6 is 11.3 Å². The molecule has 0 amide bonds. The van der Waals surface area contributed by atoms with E-state index in [4.69, 9.17) is 0 Å². The number of hydrogen-bond donors (Lipinski definition) is 2. The molecular weight excluding hydrogens is 294 g/mol. The Hall–Kier alpha value is -2.11. The first-order valence-corrected chi connectivity index (χ1v) is 8.30. The van der Waals surface area contributed by atoms with Crippen molar-refractivity contribution in [2.45, 2.75) is 0 Å². The number of aromatic nitrogens is 1. The third-order valence-corrected chi connectivity index (χ3v) is 5.20. The van der Waals surface area contributed by atoms with Gasteiger partial charge in [-0.2, -0.15) is 0 Å². The van der Waals surface area contributed by atoms with E-state index in [1.165, 1.54) is 0 Å². The van der Waals surface area contributed by atoms with Crippen molar-refractivity contribution in [3.63, 3.8) is 0 Å². The lowest BCUT2D eigenvalue weighted by atomic mass is 10.1. The fraction of sp³-hybridized carbons (Fsp3) is 0.235.